The molecule has 1 aliphatic heterocycles. The average molecular weight is 253 g/mol. The van der Waals surface area contributed by atoms with E-state index in [4.69, 9.17) is 0 Å². The van der Waals surface area contributed by atoms with Gasteiger partial charge >= 0.3 is 0 Å². The molecule has 0 spiro atoms. The Morgan fingerprint density at radius 3 is 2.68 bits per heavy atom. The second-order valence-electron chi connectivity index (χ2n) is 5.24. The van der Waals surface area contributed by atoms with Crippen molar-refractivity contribution < 1.29 is 5.11 Å². The van der Waals surface area contributed by atoms with E-state index in [-0.39, 0.29) is 0 Å². The van der Waals surface area contributed by atoms with Crippen LogP contribution in [0.5, 0.6) is 5.75 Å². The number of para-hydroxylation sites is 1. The molecule has 2 nitrogen and oxygen atoms in total. The third-order valence-corrected chi connectivity index (χ3v) is 3.86. The Labute approximate surface area is 114 Å². The Balaban J connectivity index is 1.59. The first-order valence-electron chi connectivity index (χ1n) is 6.93. The summed E-state index contributed by atoms with van der Waals surface area (Å²) in [5.74, 6) is 0.341. The Morgan fingerprint density at radius 2 is 1.84 bits per heavy atom. The van der Waals surface area contributed by atoms with Crippen molar-refractivity contribution in [3.63, 3.8) is 0 Å². The third-order valence-electron chi connectivity index (χ3n) is 3.86. The second kappa shape index (κ2) is 5.35. The summed E-state index contributed by atoms with van der Waals surface area (Å²) < 4.78 is 0. The predicted octanol–water partition coefficient (Wildman–Crippen LogP) is 3.75. The second-order valence-corrected chi connectivity index (χ2v) is 5.24. The normalized spacial score (nSPS) is 17.6. The van der Waals surface area contributed by atoms with Crippen LogP contribution >= 0.6 is 0 Å². The van der Waals surface area contributed by atoms with Crippen LogP contribution in [0.2, 0.25) is 0 Å². The average Bonchev–Trinajstić information content (AvgIpc) is 2.46. The van der Waals surface area contributed by atoms with Gasteiger partial charge in [0.05, 0.1) is 0 Å². The van der Waals surface area contributed by atoms with Crippen LogP contribution in [0.25, 0.3) is 0 Å². The number of anilines is 1. The quantitative estimate of drug-likeness (QED) is 0.873. The molecule has 3 rings (SSSR count). The lowest BCUT2D eigenvalue weighted by Gasteiger charge is -2.27. The summed E-state index contributed by atoms with van der Waals surface area (Å²) >= 11 is 0. The smallest absolute Gasteiger partial charge is 0.115 e. The first-order chi connectivity index (χ1) is 9.31. The minimum Gasteiger partial charge on any atom is -0.508 e. The maximum Gasteiger partial charge on any atom is 0.115 e. The zero-order valence-electron chi connectivity index (χ0n) is 11.0. The third kappa shape index (κ3) is 2.90. The molecule has 0 bridgehead atoms. The molecule has 0 fully saturated rings. The Hall–Kier alpha value is -1.96. The molecule has 0 aromatic heterocycles. The van der Waals surface area contributed by atoms with E-state index in [2.05, 4.69) is 29.6 Å². The van der Waals surface area contributed by atoms with Crippen LogP contribution in [0.3, 0.4) is 0 Å². The van der Waals surface area contributed by atoms with Crippen molar-refractivity contribution in [1.82, 2.24) is 0 Å². The summed E-state index contributed by atoms with van der Waals surface area (Å²) in [4.78, 5) is 0. The molecule has 0 aliphatic carbocycles. The van der Waals surface area contributed by atoms with Crippen molar-refractivity contribution in [1.29, 1.82) is 0 Å². The molecule has 98 valence electrons. The molecule has 2 heteroatoms. The van der Waals surface area contributed by atoms with Crippen LogP contribution < -0.4 is 5.32 Å². The number of aryl methyl sites for hydroxylation is 2. The summed E-state index contributed by atoms with van der Waals surface area (Å²) in [5.41, 5.74) is 4.02. The predicted molar refractivity (Wildman–Crippen MR) is 78.6 cm³/mol. The fourth-order valence-corrected chi connectivity index (χ4v) is 2.72. The molecule has 19 heavy (non-hydrogen) atoms. The van der Waals surface area contributed by atoms with Crippen molar-refractivity contribution in [2.24, 2.45) is 0 Å². The number of hydrogen-bond acceptors (Lipinski definition) is 2. The summed E-state index contributed by atoms with van der Waals surface area (Å²) in [6.07, 6.45) is 4.57. The van der Waals surface area contributed by atoms with E-state index in [9.17, 15) is 5.11 Å². The maximum atomic E-state index is 9.27. The topological polar surface area (TPSA) is 32.3 Å². The summed E-state index contributed by atoms with van der Waals surface area (Å²) in [6, 6.07) is 16.7. The molecule has 1 aliphatic rings. The van der Waals surface area contributed by atoms with Gasteiger partial charge in [-0.05, 0) is 55.0 Å². The highest BCUT2D eigenvalue weighted by atomic mass is 16.3. The molecule has 2 N–H and O–H groups in total. The minimum atomic E-state index is 0.341. The highest BCUT2D eigenvalue weighted by molar-refractivity contribution is 5.53. The number of fused-ring (bicyclic) bond motifs is 1. The number of nitrogens with one attached hydrogen (secondary N) is 1. The van der Waals surface area contributed by atoms with Crippen LogP contribution in [0.15, 0.2) is 48.5 Å². The van der Waals surface area contributed by atoms with Gasteiger partial charge in [-0.15, -0.1) is 0 Å². The maximum absolute atomic E-state index is 9.27. The van der Waals surface area contributed by atoms with Crippen molar-refractivity contribution in [3.8, 4) is 5.75 Å². The molecule has 1 unspecified atom stereocenters. The molecule has 1 atom stereocenters. The van der Waals surface area contributed by atoms with Crippen LogP contribution in [-0.2, 0) is 12.8 Å². The molecule has 2 aromatic rings. The molecular weight excluding hydrogens is 234 g/mol. The van der Waals surface area contributed by atoms with E-state index in [1.807, 2.05) is 12.1 Å². The SMILES string of the molecule is Oc1ccc(CCC2CCc3ccccc3N2)cc1. The lowest BCUT2D eigenvalue weighted by atomic mass is 9.94. The van der Waals surface area contributed by atoms with Crippen LogP contribution in [0.1, 0.15) is 24.0 Å². The molecule has 2 aromatic carbocycles. The van der Waals surface area contributed by atoms with Gasteiger partial charge in [-0.1, -0.05) is 30.3 Å². The molecule has 0 amide bonds. The van der Waals surface area contributed by atoms with Gasteiger partial charge in [-0.3, -0.25) is 0 Å². The van der Waals surface area contributed by atoms with Crippen molar-refractivity contribution >= 4 is 5.69 Å². The molecule has 0 radical (unpaired) electrons. The van der Waals surface area contributed by atoms with Crippen molar-refractivity contribution in [2.45, 2.75) is 31.7 Å². The number of phenolic OH excluding ortho intramolecular Hbond substituents is 1. The molecule has 0 saturated carbocycles. The lowest BCUT2D eigenvalue weighted by molar-refractivity contribution is 0.475. The van der Waals surface area contributed by atoms with Crippen LogP contribution in [-0.4, -0.2) is 11.1 Å². The van der Waals surface area contributed by atoms with E-state index in [0.29, 0.717) is 11.8 Å². The number of aromatic hydroxyl groups is 1. The van der Waals surface area contributed by atoms with Crippen molar-refractivity contribution in [3.05, 3.63) is 59.7 Å². The van der Waals surface area contributed by atoms with Crippen LogP contribution in [0, 0.1) is 0 Å². The van der Waals surface area contributed by atoms with Gasteiger partial charge in [0.25, 0.3) is 0 Å². The summed E-state index contributed by atoms with van der Waals surface area (Å²) in [5, 5.41) is 12.9. The highest BCUT2D eigenvalue weighted by Gasteiger charge is 2.16. The van der Waals surface area contributed by atoms with Gasteiger partial charge in [-0.25, -0.2) is 0 Å². The molecule has 1 heterocycles. The van der Waals surface area contributed by atoms with E-state index < -0.39 is 0 Å². The summed E-state index contributed by atoms with van der Waals surface area (Å²) in [7, 11) is 0. The number of rotatable bonds is 3. The van der Waals surface area contributed by atoms with Gasteiger partial charge in [0.2, 0.25) is 0 Å². The Bertz CT molecular complexity index is 547. The van der Waals surface area contributed by atoms with Crippen molar-refractivity contribution in [2.75, 3.05) is 5.32 Å². The van der Waals surface area contributed by atoms with Gasteiger partial charge in [0.15, 0.2) is 0 Å². The van der Waals surface area contributed by atoms with E-state index in [0.717, 1.165) is 12.8 Å². The van der Waals surface area contributed by atoms with Crippen LogP contribution in [0.4, 0.5) is 5.69 Å². The Morgan fingerprint density at radius 1 is 1.05 bits per heavy atom. The van der Waals surface area contributed by atoms with Gasteiger partial charge in [0, 0.05) is 11.7 Å². The number of hydrogen-bond donors (Lipinski definition) is 2. The number of phenols is 1. The number of benzene rings is 2. The zero-order chi connectivity index (χ0) is 13.1. The molecular formula is C17H19NO. The fraction of sp³-hybridized carbons (Fsp3) is 0.294. The molecule has 0 saturated heterocycles. The van der Waals surface area contributed by atoms with Gasteiger partial charge < -0.3 is 10.4 Å². The zero-order valence-corrected chi connectivity index (χ0v) is 11.0. The monoisotopic (exact) mass is 253 g/mol. The van der Waals surface area contributed by atoms with Gasteiger partial charge in [-0.2, -0.15) is 0 Å². The van der Waals surface area contributed by atoms with E-state index in [1.54, 1.807) is 12.1 Å². The standard InChI is InChI=1S/C17H19NO/c19-16-11-6-13(7-12-16)5-9-15-10-8-14-3-1-2-4-17(14)18-15/h1-4,6-7,11-12,15,18-19H,5,8-10H2. The minimum absolute atomic E-state index is 0.341. The Kier molecular flexibility index (Phi) is 3.41. The fourth-order valence-electron chi connectivity index (χ4n) is 2.72. The van der Waals surface area contributed by atoms with Gasteiger partial charge in [0.1, 0.15) is 5.75 Å². The lowest BCUT2D eigenvalue weighted by Crippen LogP contribution is -2.25. The van der Waals surface area contributed by atoms with E-state index >= 15 is 0 Å². The largest absolute Gasteiger partial charge is 0.508 e. The van der Waals surface area contributed by atoms with E-state index in [1.165, 1.54) is 29.7 Å². The summed E-state index contributed by atoms with van der Waals surface area (Å²) in [6.45, 7) is 0. The first kappa shape index (κ1) is 12.1. The highest BCUT2D eigenvalue weighted by Crippen LogP contribution is 2.26. The first-order valence-corrected chi connectivity index (χ1v) is 6.93.